The van der Waals surface area contributed by atoms with Crippen molar-refractivity contribution in [2.24, 2.45) is 0 Å². The van der Waals surface area contributed by atoms with Gasteiger partial charge in [-0.3, -0.25) is 23.8 Å². The maximum Gasteiger partial charge on any atom is 0.484 e. The van der Waals surface area contributed by atoms with Crippen LogP contribution in [0.1, 0.15) is 57.8 Å². The van der Waals surface area contributed by atoms with Gasteiger partial charge in [-0.15, -0.1) is 10.2 Å². The summed E-state index contributed by atoms with van der Waals surface area (Å²) in [5.74, 6) is 0.0339. The lowest BCUT2D eigenvalue weighted by Gasteiger charge is -2.43. The number of amides is 3. The predicted molar refractivity (Wildman–Crippen MR) is 216 cm³/mol. The third-order valence-electron chi connectivity index (χ3n) is 10.6. The van der Waals surface area contributed by atoms with Crippen LogP contribution in [0.3, 0.4) is 0 Å². The highest BCUT2D eigenvalue weighted by atomic mass is 31.3. The van der Waals surface area contributed by atoms with Gasteiger partial charge < -0.3 is 40.1 Å². The molecule has 0 spiro atoms. The number of para-hydroxylation sites is 1. The van der Waals surface area contributed by atoms with Crippen molar-refractivity contribution in [1.29, 1.82) is 0 Å². The smallest absolute Gasteiger partial charge is 0.474 e. The molecule has 1 aliphatic carbocycles. The number of anilines is 3. The van der Waals surface area contributed by atoms with E-state index in [1.54, 1.807) is 30.5 Å². The van der Waals surface area contributed by atoms with Crippen LogP contribution in [0.4, 0.5) is 17.2 Å². The molecule has 3 amide bonds. The van der Waals surface area contributed by atoms with Gasteiger partial charge in [0.1, 0.15) is 11.9 Å². The van der Waals surface area contributed by atoms with Gasteiger partial charge in [-0.1, -0.05) is 18.6 Å². The van der Waals surface area contributed by atoms with Crippen molar-refractivity contribution in [1.82, 2.24) is 25.4 Å². The molecule has 5 N–H and O–H groups in total. The van der Waals surface area contributed by atoms with Crippen LogP contribution in [0.2, 0.25) is 0 Å². The zero-order valence-electron chi connectivity index (χ0n) is 32.7. The van der Waals surface area contributed by atoms with E-state index >= 15 is 0 Å². The minimum atomic E-state index is -5.18. The Morgan fingerprint density at radius 3 is 2.38 bits per heavy atom. The van der Waals surface area contributed by atoms with Crippen LogP contribution in [0.25, 0.3) is 11.3 Å². The van der Waals surface area contributed by atoms with Crippen LogP contribution >= 0.6 is 15.6 Å². The SMILES string of the molecule is Nc1nnc(-c2ccccc2OCOP(=O)(O)OP(=O)(O)OCCNC(=O)CCCCCN2C(=O)C=CC2=O)cc1N1CC2CCC(C1)N2c1ccnc(OC2CCC2)c1. The van der Waals surface area contributed by atoms with E-state index in [2.05, 4.69) is 34.6 Å². The zero-order valence-corrected chi connectivity index (χ0v) is 34.5. The normalized spacial score (nSPS) is 20.8. The number of nitrogens with zero attached hydrogens (tertiary/aromatic N) is 6. The summed E-state index contributed by atoms with van der Waals surface area (Å²) in [6.07, 6.45) is 11.5. The van der Waals surface area contributed by atoms with Crippen molar-refractivity contribution < 1.29 is 56.1 Å². The molecule has 2 bridgehead atoms. The van der Waals surface area contributed by atoms with Gasteiger partial charge in [0.15, 0.2) is 12.6 Å². The maximum absolute atomic E-state index is 12.6. The van der Waals surface area contributed by atoms with Gasteiger partial charge in [-0.2, -0.15) is 4.31 Å². The molecule has 2 saturated heterocycles. The number of nitrogen functional groups attached to an aromatic ring is 1. The quantitative estimate of drug-likeness (QED) is 0.0508. The number of nitrogens with one attached hydrogen (secondary N) is 1. The van der Waals surface area contributed by atoms with Crippen molar-refractivity contribution in [3.8, 4) is 22.9 Å². The van der Waals surface area contributed by atoms with E-state index in [0.29, 0.717) is 55.2 Å². The van der Waals surface area contributed by atoms with E-state index in [-0.39, 0.29) is 67.0 Å². The Labute approximate surface area is 346 Å². The number of rotatable bonds is 21. The molecule has 3 aromatic rings. The number of nitrogens with two attached hydrogens (primary N) is 1. The predicted octanol–water partition coefficient (Wildman–Crippen LogP) is 4.10. The van der Waals surface area contributed by atoms with E-state index in [4.69, 9.17) is 24.3 Å². The topological polar surface area (TPSA) is 258 Å². The first-order valence-electron chi connectivity index (χ1n) is 19.8. The summed E-state index contributed by atoms with van der Waals surface area (Å²) in [4.78, 5) is 65.6. The third-order valence-corrected chi connectivity index (χ3v) is 13.2. The summed E-state index contributed by atoms with van der Waals surface area (Å²) in [6, 6.07) is 13.1. The molecule has 1 saturated carbocycles. The Bertz CT molecular complexity index is 2140. The van der Waals surface area contributed by atoms with Crippen LogP contribution in [-0.2, 0) is 36.9 Å². The highest BCUT2D eigenvalue weighted by Crippen LogP contribution is 2.60. The maximum atomic E-state index is 12.6. The fourth-order valence-corrected chi connectivity index (χ4v) is 9.47. The van der Waals surface area contributed by atoms with E-state index in [1.165, 1.54) is 18.6 Å². The number of benzene rings is 1. The number of imide groups is 1. The van der Waals surface area contributed by atoms with Gasteiger partial charge in [0, 0.05) is 80.3 Å². The number of piperazine rings is 1. The van der Waals surface area contributed by atoms with Gasteiger partial charge in [-0.25, -0.2) is 18.6 Å². The Balaban J connectivity index is 0.860. The van der Waals surface area contributed by atoms with Crippen LogP contribution < -0.4 is 30.3 Å². The van der Waals surface area contributed by atoms with Crippen LogP contribution in [-0.4, -0.2) is 105 Å². The first-order chi connectivity index (χ1) is 28.8. The summed E-state index contributed by atoms with van der Waals surface area (Å²) in [5, 5.41) is 11.0. The minimum Gasteiger partial charge on any atom is -0.474 e. The molecule has 5 heterocycles. The molecule has 4 aliphatic rings. The molecule has 4 atom stereocenters. The number of ether oxygens (including phenoxy) is 2. The first-order valence-corrected chi connectivity index (χ1v) is 22.8. The molecule has 1 aromatic carbocycles. The second kappa shape index (κ2) is 19.2. The first kappa shape index (κ1) is 43.2. The highest BCUT2D eigenvalue weighted by molar-refractivity contribution is 7.61. The van der Waals surface area contributed by atoms with Crippen molar-refractivity contribution >= 4 is 50.6 Å². The van der Waals surface area contributed by atoms with E-state index in [0.717, 1.165) is 36.3 Å². The second-order valence-corrected chi connectivity index (χ2v) is 17.8. The summed E-state index contributed by atoms with van der Waals surface area (Å²) >= 11 is 0. The lowest BCUT2D eigenvalue weighted by atomic mass is 9.96. The molecule has 322 valence electrons. The number of aromatic nitrogens is 3. The second-order valence-electron chi connectivity index (χ2n) is 14.8. The van der Waals surface area contributed by atoms with Gasteiger partial charge >= 0.3 is 15.6 Å². The standard InChI is InChI=1S/C38H48N8O12P2/c39-38-32(44-23-27-12-13-28(24-44)46(27)26-16-17-41-35(21-26)57-29-7-6-8-29)22-31(42-43-38)30-9-3-4-10-33(30)54-25-56-60(52,53)58-59(50,51)55-20-18-40-34(47)11-2-1-5-19-45-36(48)14-15-37(45)49/h3-4,9-10,14-17,21-22,27-29H,1-2,5-8,11-13,18-20,23-25H2,(H2,39,43)(H,40,47)(H,50,51)(H,52,53). The molecule has 0 radical (unpaired) electrons. The van der Waals surface area contributed by atoms with Gasteiger partial charge in [0.25, 0.3) is 11.8 Å². The summed E-state index contributed by atoms with van der Waals surface area (Å²) in [6.45, 7) is 0.0970. The molecule has 22 heteroatoms. The fourth-order valence-electron chi connectivity index (χ4n) is 7.54. The number of carbonyl (C=O) groups excluding carboxylic acids is 3. The minimum absolute atomic E-state index is 0.131. The molecule has 3 fully saturated rings. The van der Waals surface area contributed by atoms with Crippen LogP contribution in [0, 0.1) is 0 Å². The van der Waals surface area contributed by atoms with Gasteiger partial charge in [-0.05, 0) is 69.2 Å². The number of unbranched alkanes of at least 4 members (excludes halogenated alkanes) is 2. The fraction of sp³-hybridized carbons (Fsp3) is 0.474. The Hall–Kier alpha value is -4.94. The number of pyridine rings is 1. The average molecular weight is 871 g/mol. The number of fused-ring (bicyclic) bond motifs is 2. The third kappa shape index (κ3) is 11.1. The molecule has 4 unspecified atom stereocenters. The molecule has 3 aliphatic heterocycles. The summed E-state index contributed by atoms with van der Waals surface area (Å²) < 4.78 is 50.6. The van der Waals surface area contributed by atoms with E-state index in [1.807, 2.05) is 18.2 Å². The Morgan fingerprint density at radius 1 is 0.917 bits per heavy atom. The lowest BCUT2D eigenvalue weighted by molar-refractivity contribution is -0.137. The zero-order chi connectivity index (χ0) is 42.3. The molecule has 2 aromatic heterocycles. The van der Waals surface area contributed by atoms with Crippen LogP contribution in [0.15, 0.2) is 60.8 Å². The number of carbonyl (C=O) groups is 3. The summed E-state index contributed by atoms with van der Waals surface area (Å²) in [7, 11) is -10.3. The van der Waals surface area contributed by atoms with Crippen molar-refractivity contribution in [2.45, 2.75) is 76.0 Å². The highest BCUT2D eigenvalue weighted by Gasteiger charge is 2.41. The molecular formula is C38H48N8O12P2. The molecule has 20 nitrogen and oxygen atoms in total. The number of hydrogen-bond donors (Lipinski definition) is 4. The van der Waals surface area contributed by atoms with Crippen molar-refractivity contribution in [3.05, 3.63) is 60.8 Å². The van der Waals surface area contributed by atoms with Crippen molar-refractivity contribution in [2.75, 3.05) is 55.1 Å². The average Bonchev–Trinajstić information content (AvgIpc) is 3.66. The Morgan fingerprint density at radius 2 is 1.65 bits per heavy atom. The van der Waals surface area contributed by atoms with Crippen LogP contribution in [0.5, 0.6) is 11.6 Å². The Kier molecular flexibility index (Phi) is 13.8. The monoisotopic (exact) mass is 870 g/mol. The van der Waals surface area contributed by atoms with E-state index in [9.17, 15) is 33.3 Å². The molecule has 60 heavy (non-hydrogen) atoms. The largest absolute Gasteiger partial charge is 0.484 e. The molecular weight excluding hydrogens is 822 g/mol. The lowest BCUT2D eigenvalue weighted by Crippen LogP contribution is -2.54. The molecule has 7 rings (SSSR count). The van der Waals surface area contributed by atoms with E-state index < -0.39 is 29.0 Å². The number of hydrogen-bond acceptors (Lipinski definition) is 16. The number of phosphoric acid groups is 2. The van der Waals surface area contributed by atoms with Gasteiger partial charge in [0.05, 0.1) is 18.0 Å². The van der Waals surface area contributed by atoms with Gasteiger partial charge in [0.2, 0.25) is 11.8 Å². The van der Waals surface area contributed by atoms with Crippen molar-refractivity contribution in [3.63, 3.8) is 0 Å². The number of phosphoric ester groups is 2. The summed E-state index contributed by atoms with van der Waals surface area (Å²) in [5.41, 5.74) is 9.08.